The fourth-order valence-corrected chi connectivity index (χ4v) is 3.01. The van der Waals surface area contributed by atoms with Crippen molar-refractivity contribution < 1.29 is 12.8 Å². The summed E-state index contributed by atoms with van der Waals surface area (Å²) in [5.41, 5.74) is 0.422. The fraction of sp³-hybridized carbons (Fsp3) is 0.333. The van der Waals surface area contributed by atoms with E-state index in [-0.39, 0.29) is 11.6 Å². The normalized spacial score (nSPS) is 11.4. The molecular weight excluding hydrogens is 332 g/mol. The van der Waals surface area contributed by atoms with Crippen LogP contribution in [0.2, 0.25) is 0 Å². The lowest BCUT2D eigenvalue weighted by Crippen LogP contribution is -2.16. The summed E-state index contributed by atoms with van der Waals surface area (Å²) in [6.45, 7) is 1.79. The van der Waals surface area contributed by atoms with Crippen LogP contribution in [0.3, 0.4) is 0 Å². The van der Waals surface area contributed by atoms with Gasteiger partial charge in [-0.05, 0) is 47.2 Å². The zero-order valence-corrected chi connectivity index (χ0v) is 11.1. The second-order valence-corrected chi connectivity index (χ2v) is 6.05. The molecule has 0 fully saturated rings. The topological polar surface area (TPSA) is 46.2 Å². The van der Waals surface area contributed by atoms with E-state index < -0.39 is 10.0 Å². The van der Waals surface area contributed by atoms with Crippen molar-refractivity contribution in [2.45, 2.75) is 13.3 Å². The summed E-state index contributed by atoms with van der Waals surface area (Å²) >= 11 is 1.89. The van der Waals surface area contributed by atoms with Gasteiger partial charge >= 0.3 is 0 Å². The van der Waals surface area contributed by atoms with Crippen molar-refractivity contribution in [2.75, 3.05) is 10.5 Å². The summed E-state index contributed by atoms with van der Waals surface area (Å²) < 4.78 is 38.6. The van der Waals surface area contributed by atoms with E-state index in [9.17, 15) is 12.8 Å². The molecule has 15 heavy (non-hydrogen) atoms. The minimum Gasteiger partial charge on any atom is -0.282 e. The molecule has 0 radical (unpaired) electrons. The number of hydrogen-bond donors (Lipinski definition) is 1. The highest BCUT2D eigenvalue weighted by Crippen LogP contribution is 2.20. The lowest BCUT2D eigenvalue weighted by Gasteiger charge is -2.08. The predicted molar refractivity (Wildman–Crippen MR) is 66.8 cm³/mol. The first-order valence-corrected chi connectivity index (χ1v) is 7.13. The van der Waals surface area contributed by atoms with E-state index in [0.29, 0.717) is 15.7 Å². The maximum atomic E-state index is 12.7. The smallest absolute Gasteiger partial charge is 0.232 e. The van der Waals surface area contributed by atoms with Gasteiger partial charge in [0.15, 0.2) is 0 Å². The molecule has 0 aliphatic heterocycles. The van der Waals surface area contributed by atoms with Crippen LogP contribution in [0.1, 0.15) is 13.3 Å². The van der Waals surface area contributed by atoms with Crippen molar-refractivity contribution in [1.82, 2.24) is 0 Å². The molecule has 0 aliphatic rings. The first-order chi connectivity index (χ1) is 6.94. The number of hydrogen-bond acceptors (Lipinski definition) is 2. The molecular formula is C9H11FINO2S. The van der Waals surface area contributed by atoms with E-state index in [1.54, 1.807) is 6.92 Å². The Labute approximate surface area is 102 Å². The summed E-state index contributed by atoms with van der Waals surface area (Å²) in [5.74, 6) is -0.307. The third-order valence-electron chi connectivity index (χ3n) is 1.67. The third-order valence-corrected chi connectivity index (χ3v) is 4.04. The lowest BCUT2D eigenvalue weighted by molar-refractivity contribution is 0.599. The van der Waals surface area contributed by atoms with E-state index in [2.05, 4.69) is 4.72 Å². The zero-order chi connectivity index (χ0) is 11.5. The molecule has 0 unspecified atom stereocenters. The summed E-state index contributed by atoms with van der Waals surface area (Å²) in [4.78, 5) is 0. The Morgan fingerprint density at radius 2 is 2.13 bits per heavy atom. The van der Waals surface area contributed by atoms with E-state index in [4.69, 9.17) is 0 Å². The summed E-state index contributed by atoms with van der Waals surface area (Å²) in [7, 11) is -3.30. The minimum absolute atomic E-state index is 0.0699. The van der Waals surface area contributed by atoms with Crippen LogP contribution < -0.4 is 4.72 Å². The molecule has 0 aromatic heterocycles. The van der Waals surface area contributed by atoms with Crippen LogP contribution >= 0.6 is 22.6 Å². The Morgan fingerprint density at radius 3 is 2.67 bits per heavy atom. The average Bonchev–Trinajstić information content (AvgIpc) is 2.09. The first kappa shape index (κ1) is 12.7. The third kappa shape index (κ3) is 3.94. The minimum atomic E-state index is -3.30. The van der Waals surface area contributed by atoms with Gasteiger partial charge in [0.05, 0.1) is 11.4 Å². The summed E-state index contributed by atoms with van der Waals surface area (Å²) in [5, 5.41) is 0. The molecule has 0 saturated heterocycles. The molecule has 1 N–H and O–H groups in total. The molecule has 0 heterocycles. The van der Waals surface area contributed by atoms with Crippen molar-refractivity contribution in [1.29, 1.82) is 0 Å². The maximum absolute atomic E-state index is 12.7. The van der Waals surface area contributed by atoms with Crippen LogP contribution in [0, 0.1) is 9.39 Å². The van der Waals surface area contributed by atoms with Crippen molar-refractivity contribution in [3.8, 4) is 0 Å². The Hall–Kier alpha value is -0.370. The first-order valence-electron chi connectivity index (χ1n) is 4.40. The fourth-order valence-electron chi connectivity index (χ4n) is 1.06. The van der Waals surface area contributed by atoms with Gasteiger partial charge in [0.2, 0.25) is 10.0 Å². The van der Waals surface area contributed by atoms with E-state index in [1.165, 1.54) is 18.2 Å². The molecule has 3 nitrogen and oxygen atoms in total. The number of anilines is 1. The number of sulfonamides is 1. The highest BCUT2D eigenvalue weighted by Gasteiger charge is 2.10. The highest BCUT2D eigenvalue weighted by molar-refractivity contribution is 14.1. The number of benzene rings is 1. The molecule has 0 aliphatic carbocycles. The highest BCUT2D eigenvalue weighted by atomic mass is 127. The Kier molecular flexibility index (Phi) is 4.32. The van der Waals surface area contributed by atoms with Gasteiger partial charge in [-0.25, -0.2) is 12.8 Å². The Morgan fingerprint density at radius 1 is 1.47 bits per heavy atom. The summed E-state index contributed by atoms with van der Waals surface area (Å²) in [6, 6.07) is 3.93. The Bertz CT molecular complexity index is 447. The van der Waals surface area contributed by atoms with Crippen LogP contribution in [0.15, 0.2) is 18.2 Å². The molecule has 84 valence electrons. The van der Waals surface area contributed by atoms with Gasteiger partial charge in [-0.1, -0.05) is 6.92 Å². The molecule has 1 aromatic rings. The van der Waals surface area contributed by atoms with E-state index in [1.807, 2.05) is 22.6 Å². The molecule has 6 heteroatoms. The van der Waals surface area contributed by atoms with Gasteiger partial charge in [0.25, 0.3) is 0 Å². The lowest BCUT2D eigenvalue weighted by atomic mass is 10.3. The van der Waals surface area contributed by atoms with Gasteiger partial charge in [-0.3, -0.25) is 4.72 Å². The van der Waals surface area contributed by atoms with Gasteiger partial charge in [0, 0.05) is 3.57 Å². The largest absolute Gasteiger partial charge is 0.282 e. The quantitative estimate of drug-likeness (QED) is 0.855. The summed E-state index contributed by atoms with van der Waals surface area (Å²) in [6.07, 6.45) is 0.549. The standard InChI is InChI=1S/C9H11FINO2S/c1-2-5-15(13,14)12-9-4-3-7(10)6-8(9)11/h3-4,6,12H,2,5H2,1H3. The molecule has 0 spiro atoms. The van der Waals surface area contributed by atoms with Crippen molar-refractivity contribution >= 4 is 38.3 Å². The molecule has 0 atom stereocenters. The molecule has 0 saturated carbocycles. The van der Waals surface area contributed by atoms with Gasteiger partial charge in [0.1, 0.15) is 5.82 Å². The molecule has 0 amide bonds. The van der Waals surface area contributed by atoms with E-state index in [0.717, 1.165) is 0 Å². The monoisotopic (exact) mass is 343 g/mol. The van der Waals surface area contributed by atoms with Gasteiger partial charge in [-0.15, -0.1) is 0 Å². The maximum Gasteiger partial charge on any atom is 0.232 e. The van der Waals surface area contributed by atoms with Crippen molar-refractivity contribution in [3.63, 3.8) is 0 Å². The van der Waals surface area contributed by atoms with E-state index >= 15 is 0 Å². The van der Waals surface area contributed by atoms with Crippen molar-refractivity contribution in [3.05, 3.63) is 27.6 Å². The number of rotatable bonds is 4. The number of halogens is 2. The zero-order valence-electron chi connectivity index (χ0n) is 8.13. The predicted octanol–water partition coefficient (Wildman–Crippen LogP) is 2.58. The van der Waals surface area contributed by atoms with Crippen LogP contribution in [0.5, 0.6) is 0 Å². The second kappa shape index (κ2) is 5.11. The van der Waals surface area contributed by atoms with Crippen LogP contribution in [0.25, 0.3) is 0 Å². The molecule has 1 aromatic carbocycles. The average molecular weight is 343 g/mol. The van der Waals surface area contributed by atoms with Crippen LogP contribution in [0.4, 0.5) is 10.1 Å². The number of nitrogens with one attached hydrogen (secondary N) is 1. The Balaban J connectivity index is 2.90. The SMILES string of the molecule is CCCS(=O)(=O)Nc1ccc(F)cc1I. The van der Waals surface area contributed by atoms with Gasteiger partial charge < -0.3 is 0 Å². The van der Waals surface area contributed by atoms with Gasteiger partial charge in [-0.2, -0.15) is 0 Å². The second-order valence-electron chi connectivity index (χ2n) is 3.05. The molecule has 0 bridgehead atoms. The van der Waals surface area contributed by atoms with Crippen LogP contribution in [-0.4, -0.2) is 14.2 Å². The van der Waals surface area contributed by atoms with Crippen LogP contribution in [-0.2, 0) is 10.0 Å². The molecule has 1 rings (SSSR count). The van der Waals surface area contributed by atoms with Crippen molar-refractivity contribution in [2.24, 2.45) is 0 Å².